The van der Waals surface area contributed by atoms with Gasteiger partial charge < -0.3 is 9.47 Å². The number of carbonyl (C=O) groups excluding carboxylic acids is 2. The van der Waals surface area contributed by atoms with Gasteiger partial charge in [-0.15, -0.1) is 0 Å². The zero-order chi connectivity index (χ0) is 16.9. The summed E-state index contributed by atoms with van der Waals surface area (Å²) < 4.78 is 10.9. The van der Waals surface area contributed by atoms with Gasteiger partial charge in [0.2, 0.25) is 5.91 Å². The van der Waals surface area contributed by atoms with Crippen LogP contribution in [-0.4, -0.2) is 55.7 Å². The number of hydrogen-bond acceptors (Lipinski definition) is 5. The van der Waals surface area contributed by atoms with E-state index in [-0.39, 0.29) is 24.3 Å². The fourth-order valence-electron chi connectivity index (χ4n) is 3.09. The van der Waals surface area contributed by atoms with E-state index in [1.165, 1.54) is 4.90 Å². The normalized spacial score (nSPS) is 22.2. The molecule has 1 aromatic rings. The number of nitrogens with zero attached hydrogens (tertiary/aromatic N) is 2. The van der Waals surface area contributed by atoms with Gasteiger partial charge in [0.25, 0.3) is 5.91 Å². The van der Waals surface area contributed by atoms with Crippen LogP contribution in [0.4, 0.5) is 5.69 Å². The zero-order valence-corrected chi connectivity index (χ0v) is 14.1. The van der Waals surface area contributed by atoms with Gasteiger partial charge in [-0.3, -0.25) is 14.5 Å². The molecule has 2 saturated heterocycles. The third kappa shape index (κ3) is 3.60. The number of benzene rings is 1. The Balaban J connectivity index is 1.67. The van der Waals surface area contributed by atoms with Crippen LogP contribution in [0, 0.1) is 0 Å². The predicted octanol–water partition coefficient (Wildman–Crippen LogP) is 1.83. The number of anilines is 1. The smallest absolute Gasteiger partial charge is 0.251 e. The molecule has 3 rings (SSSR count). The molecule has 0 saturated carbocycles. The van der Waals surface area contributed by atoms with E-state index in [9.17, 15) is 9.59 Å². The molecule has 0 bridgehead atoms. The molecule has 1 aromatic carbocycles. The summed E-state index contributed by atoms with van der Waals surface area (Å²) in [5.41, 5.74) is 0.614. The van der Waals surface area contributed by atoms with Crippen molar-refractivity contribution in [2.75, 3.05) is 37.8 Å². The second-order valence-corrected chi connectivity index (χ2v) is 6.13. The highest BCUT2D eigenvalue weighted by Crippen LogP contribution is 2.27. The maximum absolute atomic E-state index is 12.7. The second-order valence-electron chi connectivity index (χ2n) is 6.13. The van der Waals surface area contributed by atoms with Crippen molar-refractivity contribution < 1.29 is 19.1 Å². The van der Waals surface area contributed by atoms with Crippen molar-refractivity contribution in [2.24, 2.45) is 0 Å². The van der Waals surface area contributed by atoms with Crippen molar-refractivity contribution in [1.29, 1.82) is 0 Å². The first-order valence-electron chi connectivity index (χ1n) is 8.62. The van der Waals surface area contributed by atoms with E-state index in [4.69, 9.17) is 9.47 Å². The Hall–Kier alpha value is -1.92. The lowest BCUT2D eigenvalue weighted by Gasteiger charge is -2.30. The summed E-state index contributed by atoms with van der Waals surface area (Å²) in [7, 11) is 0. The van der Waals surface area contributed by atoms with Crippen LogP contribution in [-0.2, 0) is 14.3 Å². The Labute approximate surface area is 142 Å². The van der Waals surface area contributed by atoms with Gasteiger partial charge in [-0.05, 0) is 30.7 Å². The van der Waals surface area contributed by atoms with Crippen molar-refractivity contribution in [3.63, 3.8) is 0 Å². The summed E-state index contributed by atoms with van der Waals surface area (Å²) in [5.74, 6) is 0.480. The van der Waals surface area contributed by atoms with Gasteiger partial charge in [0.15, 0.2) is 0 Å². The first-order chi connectivity index (χ1) is 11.7. The number of imide groups is 1. The molecule has 0 N–H and O–H groups in total. The monoisotopic (exact) mass is 332 g/mol. The number of rotatable bonds is 6. The van der Waals surface area contributed by atoms with Crippen LogP contribution < -0.4 is 9.64 Å². The van der Waals surface area contributed by atoms with E-state index in [0.29, 0.717) is 38.6 Å². The third-order valence-electron chi connectivity index (χ3n) is 4.47. The molecule has 6 heteroatoms. The van der Waals surface area contributed by atoms with E-state index in [1.54, 1.807) is 12.1 Å². The molecule has 6 nitrogen and oxygen atoms in total. The number of unbranched alkanes of at least 4 members (excludes halogenated alkanes) is 1. The van der Waals surface area contributed by atoms with Crippen molar-refractivity contribution in [3.8, 4) is 5.75 Å². The summed E-state index contributed by atoms with van der Waals surface area (Å²) in [6.45, 7) is 5.41. The summed E-state index contributed by atoms with van der Waals surface area (Å²) in [4.78, 5) is 28.4. The van der Waals surface area contributed by atoms with E-state index in [2.05, 4.69) is 6.92 Å². The highest BCUT2D eigenvalue weighted by atomic mass is 16.5. The lowest BCUT2D eigenvalue weighted by Crippen LogP contribution is -2.47. The van der Waals surface area contributed by atoms with Crippen molar-refractivity contribution in [1.82, 2.24) is 4.90 Å². The highest BCUT2D eigenvalue weighted by molar-refractivity contribution is 6.22. The average Bonchev–Trinajstić information content (AvgIpc) is 2.91. The van der Waals surface area contributed by atoms with Gasteiger partial charge >= 0.3 is 0 Å². The minimum Gasteiger partial charge on any atom is -0.494 e. The molecule has 0 radical (unpaired) electrons. The average molecular weight is 332 g/mol. The molecule has 1 atom stereocenters. The van der Waals surface area contributed by atoms with E-state index in [0.717, 1.165) is 18.6 Å². The molecule has 2 aliphatic heterocycles. The Morgan fingerprint density at radius 3 is 2.54 bits per heavy atom. The van der Waals surface area contributed by atoms with E-state index in [1.807, 2.05) is 17.0 Å². The number of amides is 2. The molecule has 2 amide bonds. The predicted molar refractivity (Wildman–Crippen MR) is 90.1 cm³/mol. The van der Waals surface area contributed by atoms with Crippen LogP contribution in [0.2, 0.25) is 0 Å². The minimum absolute atomic E-state index is 0.137. The summed E-state index contributed by atoms with van der Waals surface area (Å²) in [5, 5.41) is 0. The van der Waals surface area contributed by atoms with E-state index < -0.39 is 0 Å². The molecule has 0 aromatic heterocycles. The molecule has 2 aliphatic rings. The standard InChI is InChI=1S/C18H24N2O4/c1-2-3-10-24-15-6-4-14(5-7-15)20-17(21)13-16(18(20)22)19-8-11-23-12-9-19/h4-7,16H,2-3,8-13H2,1H3. The summed E-state index contributed by atoms with van der Waals surface area (Å²) in [6.07, 6.45) is 2.33. The fourth-order valence-corrected chi connectivity index (χ4v) is 3.09. The highest BCUT2D eigenvalue weighted by Gasteiger charge is 2.42. The fraction of sp³-hybridized carbons (Fsp3) is 0.556. The maximum atomic E-state index is 12.7. The largest absolute Gasteiger partial charge is 0.494 e. The third-order valence-corrected chi connectivity index (χ3v) is 4.47. The molecule has 1 unspecified atom stereocenters. The maximum Gasteiger partial charge on any atom is 0.251 e. The van der Waals surface area contributed by atoms with Crippen LogP contribution in [0.5, 0.6) is 5.75 Å². The van der Waals surface area contributed by atoms with Crippen LogP contribution in [0.3, 0.4) is 0 Å². The Morgan fingerprint density at radius 1 is 1.17 bits per heavy atom. The molecule has 2 fully saturated rings. The van der Waals surface area contributed by atoms with Gasteiger partial charge in [-0.1, -0.05) is 13.3 Å². The van der Waals surface area contributed by atoms with E-state index >= 15 is 0 Å². The molecular weight excluding hydrogens is 308 g/mol. The van der Waals surface area contributed by atoms with Crippen molar-refractivity contribution >= 4 is 17.5 Å². The first-order valence-corrected chi connectivity index (χ1v) is 8.62. The molecular formula is C18H24N2O4. The molecule has 130 valence electrons. The van der Waals surface area contributed by atoms with Gasteiger partial charge in [0.1, 0.15) is 5.75 Å². The second kappa shape index (κ2) is 7.77. The number of hydrogen-bond donors (Lipinski definition) is 0. The van der Waals surface area contributed by atoms with Gasteiger partial charge in [-0.2, -0.15) is 0 Å². The molecule has 2 heterocycles. The zero-order valence-electron chi connectivity index (χ0n) is 14.1. The number of morpholine rings is 1. The lowest BCUT2D eigenvalue weighted by molar-refractivity contribution is -0.123. The van der Waals surface area contributed by atoms with Crippen LogP contribution >= 0.6 is 0 Å². The van der Waals surface area contributed by atoms with Crippen LogP contribution in [0.25, 0.3) is 0 Å². The molecule has 24 heavy (non-hydrogen) atoms. The van der Waals surface area contributed by atoms with Gasteiger partial charge in [0, 0.05) is 13.1 Å². The minimum atomic E-state index is -0.359. The van der Waals surface area contributed by atoms with Gasteiger partial charge in [-0.25, -0.2) is 4.90 Å². The van der Waals surface area contributed by atoms with Gasteiger partial charge in [0.05, 0.1) is 38.0 Å². The quantitative estimate of drug-likeness (QED) is 0.587. The Kier molecular flexibility index (Phi) is 5.48. The SMILES string of the molecule is CCCCOc1ccc(N2C(=O)CC(N3CCOCC3)C2=O)cc1. The topological polar surface area (TPSA) is 59.1 Å². The van der Waals surface area contributed by atoms with Crippen LogP contribution in [0.1, 0.15) is 26.2 Å². The Morgan fingerprint density at radius 2 is 1.88 bits per heavy atom. The summed E-state index contributed by atoms with van der Waals surface area (Å²) >= 11 is 0. The molecule has 0 spiro atoms. The van der Waals surface area contributed by atoms with Crippen molar-refractivity contribution in [2.45, 2.75) is 32.2 Å². The summed E-state index contributed by atoms with van der Waals surface area (Å²) in [6, 6.07) is 6.82. The molecule has 0 aliphatic carbocycles. The van der Waals surface area contributed by atoms with Crippen molar-refractivity contribution in [3.05, 3.63) is 24.3 Å². The number of carbonyl (C=O) groups is 2. The van der Waals surface area contributed by atoms with Crippen LogP contribution in [0.15, 0.2) is 24.3 Å². The first kappa shape index (κ1) is 16.9. The number of ether oxygens (including phenoxy) is 2. The Bertz CT molecular complexity index is 581. The lowest BCUT2D eigenvalue weighted by atomic mass is 10.2.